The molecule has 1 rings (SSSR count). The van der Waals surface area contributed by atoms with Crippen molar-refractivity contribution in [2.24, 2.45) is 0 Å². The quantitative estimate of drug-likeness (QED) is 0.611. The third kappa shape index (κ3) is 3.15. The predicted molar refractivity (Wildman–Crippen MR) is 62.6 cm³/mol. The third-order valence-electron chi connectivity index (χ3n) is 2.11. The first-order chi connectivity index (χ1) is 8.38. The fraction of sp³-hybridized carbons (Fsp3) is 0.300. The van der Waals surface area contributed by atoms with Crippen LogP contribution in [0.15, 0.2) is 10.5 Å². The minimum atomic E-state index is -1.59. The van der Waals surface area contributed by atoms with E-state index in [0.717, 1.165) is 6.07 Å². The van der Waals surface area contributed by atoms with Crippen LogP contribution in [0.4, 0.5) is 14.5 Å². The zero-order valence-electron chi connectivity index (χ0n) is 8.95. The normalized spacial score (nSPS) is 12.3. The largest absolute Gasteiger partial charge is 0.478 e. The number of aromatic carboxylic acids is 1. The molecule has 0 radical (unpaired) electrons. The van der Waals surface area contributed by atoms with Crippen molar-refractivity contribution in [1.82, 2.24) is 0 Å². The Bertz CT molecular complexity index is 470. The average molecular weight is 326 g/mol. The number of rotatable bonds is 5. The summed E-state index contributed by atoms with van der Waals surface area (Å²) in [4.78, 5) is 10.6. The number of halogens is 3. The van der Waals surface area contributed by atoms with E-state index in [-0.39, 0.29) is 16.7 Å². The van der Waals surface area contributed by atoms with Crippen molar-refractivity contribution in [3.63, 3.8) is 0 Å². The van der Waals surface area contributed by atoms with Gasteiger partial charge in [0.2, 0.25) is 0 Å². The van der Waals surface area contributed by atoms with Gasteiger partial charge in [0.05, 0.1) is 24.0 Å². The Balaban J connectivity index is 3.07. The summed E-state index contributed by atoms with van der Waals surface area (Å²) in [5.74, 6) is -4.45. The van der Waals surface area contributed by atoms with Crippen molar-refractivity contribution in [3.05, 3.63) is 27.7 Å². The second-order valence-corrected chi connectivity index (χ2v) is 4.29. The van der Waals surface area contributed by atoms with Gasteiger partial charge in [-0.3, -0.25) is 0 Å². The molecular formula is C10H10BrF2NO4. The molecule has 0 saturated heterocycles. The maximum atomic E-state index is 13.6. The summed E-state index contributed by atoms with van der Waals surface area (Å²) in [5.41, 5.74) is -1.11. The molecule has 0 aliphatic rings. The lowest BCUT2D eigenvalue weighted by molar-refractivity contribution is 0.0690. The van der Waals surface area contributed by atoms with Gasteiger partial charge in [0.25, 0.3) is 0 Å². The molecule has 0 fully saturated rings. The summed E-state index contributed by atoms with van der Waals surface area (Å²) in [6, 6.07) is 0.911. The van der Waals surface area contributed by atoms with E-state index in [4.69, 9.17) is 15.3 Å². The van der Waals surface area contributed by atoms with Crippen LogP contribution in [-0.2, 0) is 0 Å². The van der Waals surface area contributed by atoms with E-state index in [9.17, 15) is 13.6 Å². The summed E-state index contributed by atoms with van der Waals surface area (Å²) in [6.07, 6.45) is -1.14. The van der Waals surface area contributed by atoms with Crippen LogP contribution in [0, 0.1) is 11.6 Å². The maximum absolute atomic E-state index is 13.6. The zero-order valence-corrected chi connectivity index (χ0v) is 10.5. The van der Waals surface area contributed by atoms with Gasteiger partial charge < -0.3 is 20.6 Å². The molecule has 0 aromatic heterocycles. The number of aliphatic hydroxyl groups is 2. The molecular weight excluding hydrogens is 316 g/mol. The van der Waals surface area contributed by atoms with Crippen molar-refractivity contribution in [3.8, 4) is 0 Å². The molecule has 0 heterocycles. The summed E-state index contributed by atoms with van der Waals surface area (Å²) in [7, 11) is 0. The molecule has 0 amide bonds. The lowest BCUT2D eigenvalue weighted by Crippen LogP contribution is -2.24. The molecule has 4 N–H and O–H groups in total. The van der Waals surface area contributed by atoms with Gasteiger partial charge >= 0.3 is 5.97 Å². The van der Waals surface area contributed by atoms with Gasteiger partial charge in [0.15, 0.2) is 11.6 Å². The van der Waals surface area contributed by atoms with Gasteiger partial charge in [-0.2, -0.15) is 0 Å². The first-order valence-corrected chi connectivity index (χ1v) is 5.61. The Morgan fingerprint density at radius 3 is 2.56 bits per heavy atom. The lowest BCUT2D eigenvalue weighted by Gasteiger charge is -2.13. The number of aliphatic hydroxyl groups excluding tert-OH is 2. The average Bonchev–Trinajstić information content (AvgIpc) is 2.32. The molecule has 1 aromatic carbocycles. The van der Waals surface area contributed by atoms with E-state index in [0.29, 0.717) is 0 Å². The highest BCUT2D eigenvalue weighted by molar-refractivity contribution is 9.10. The molecule has 1 atom stereocenters. The lowest BCUT2D eigenvalue weighted by atomic mass is 10.1. The van der Waals surface area contributed by atoms with Crippen LogP contribution in [0.3, 0.4) is 0 Å². The molecule has 8 heteroatoms. The first-order valence-electron chi connectivity index (χ1n) is 4.82. The Hall–Kier alpha value is -1.25. The molecule has 1 aromatic rings. The predicted octanol–water partition coefficient (Wildman–Crippen LogP) is 1.19. The number of anilines is 1. The van der Waals surface area contributed by atoms with E-state index >= 15 is 0 Å². The van der Waals surface area contributed by atoms with E-state index in [1.807, 2.05) is 0 Å². The molecule has 5 nitrogen and oxygen atoms in total. The van der Waals surface area contributed by atoms with Crippen LogP contribution in [0.2, 0.25) is 0 Å². The number of nitrogens with one attached hydrogen (secondary N) is 1. The molecule has 0 bridgehead atoms. The van der Waals surface area contributed by atoms with E-state index in [2.05, 4.69) is 21.2 Å². The minimum Gasteiger partial charge on any atom is -0.478 e. The summed E-state index contributed by atoms with van der Waals surface area (Å²) in [6.45, 7) is -0.750. The van der Waals surface area contributed by atoms with Crippen LogP contribution in [0.25, 0.3) is 0 Å². The molecule has 18 heavy (non-hydrogen) atoms. The Labute approximate surface area is 109 Å². The molecule has 0 spiro atoms. The highest BCUT2D eigenvalue weighted by Crippen LogP contribution is 2.30. The van der Waals surface area contributed by atoms with Crippen LogP contribution in [0.1, 0.15) is 10.4 Å². The standard InChI is InChI=1S/C10H10BrF2NO4/c11-6-1-5(10(17)18)7(12)8(13)9(6)14-2-4(16)3-15/h1,4,14-16H,2-3H2,(H,17,18). The van der Waals surface area contributed by atoms with Crippen LogP contribution in [-0.4, -0.2) is 40.5 Å². The second-order valence-electron chi connectivity index (χ2n) is 3.43. The SMILES string of the molecule is O=C(O)c1cc(Br)c(NCC(O)CO)c(F)c1F. The summed E-state index contributed by atoms with van der Waals surface area (Å²) in [5, 5.41) is 28.7. The number of carbonyl (C=O) groups is 1. The van der Waals surface area contributed by atoms with Crippen LogP contribution in [0.5, 0.6) is 0 Å². The van der Waals surface area contributed by atoms with Crippen molar-refractivity contribution in [2.45, 2.75) is 6.10 Å². The highest BCUT2D eigenvalue weighted by Gasteiger charge is 2.21. The van der Waals surface area contributed by atoms with Gasteiger partial charge in [0.1, 0.15) is 0 Å². The van der Waals surface area contributed by atoms with Gasteiger partial charge in [-0.25, -0.2) is 13.6 Å². The number of carboxylic acid groups (broad SMARTS) is 1. The highest BCUT2D eigenvalue weighted by atomic mass is 79.9. The van der Waals surface area contributed by atoms with Gasteiger partial charge in [-0.1, -0.05) is 0 Å². The van der Waals surface area contributed by atoms with E-state index in [1.54, 1.807) is 0 Å². The Morgan fingerprint density at radius 1 is 1.44 bits per heavy atom. The number of hydrogen-bond acceptors (Lipinski definition) is 4. The van der Waals surface area contributed by atoms with Crippen molar-refractivity contribution < 1.29 is 28.9 Å². The van der Waals surface area contributed by atoms with E-state index < -0.39 is 35.9 Å². The topological polar surface area (TPSA) is 89.8 Å². The number of carboxylic acids is 1. The van der Waals surface area contributed by atoms with Crippen molar-refractivity contribution in [1.29, 1.82) is 0 Å². The van der Waals surface area contributed by atoms with Gasteiger partial charge in [-0.05, 0) is 22.0 Å². The molecule has 0 aliphatic carbocycles. The maximum Gasteiger partial charge on any atom is 0.338 e. The summed E-state index contributed by atoms with van der Waals surface area (Å²) < 4.78 is 26.9. The molecule has 0 saturated carbocycles. The second kappa shape index (κ2) is 6.07. The fourth-order valence-corrected chi connectivity index (χ4v) is 1.74. The summed E-state index contributed by atoms with van der Waals surface area (Å²) >= 11 is 2.90. The van der Waals surface area contributed by atoms with Crippen molar-refractivity contribution in [2.75, 3.05) is 18.5 Å². The molecule has 100 valence electrons. The third-order valence-corrected chi connectivity index (χ3v) is 2.74. The zero-order chi connectivity index (χ0) is 13.9. The van der Waals surface area contributed by atoms with Crippen LogP contribution < -0.4 is 5.32 Å². The minimum absolute atomic E-state index is 0.00365. The van der Waals surface area contributed by atoms with Crippen molar-refractivity contribution >= 4 is 27.6 Å². The first kappa shape index (κ1) is 14.8. The Kier molecular flexibility index (Phi) is 5.00. The van der Waals surface area contributed by atoms with Gasteiger partial charge in [0, 0.05) is 11.0 Å². The number of hydrogen-bond donors (Lipinski definition) is 4. The number of benzene rings is 1. The fourth-order valence-electron chi connectivity index (χ4n) is 1.20. The Morgan fingerprint density at radius 2 is 2.06 bits per heavy atom. The van der Waals surface area contributed by atoms with Crippen LogP contribution >= 0.6 is 15.9 Å². The molecule has 1 unspecified atom stereocenters. The monoisotopic (exact) mass is 325 g/mol. The van der Waals surface area contributed by atoms with E-state index in [1.165, 1.54) is 0 Å². The smallest absolute Gasteiger partial charge is 0.338 e. The van der Waals surface area contributed by atoms with Gasteiger partial charge in [-0.15, -0.1) is 0 Å². The molecule has 0 aliphatic heterocycles.